The van der Waals surface area contributed by atoms with Crippen molar-refractivity contribution in [1.29, 1.82) is 0 Å². The summed E-state index contributed by atoms with van der Waals surface area (Å²) < 4.78 is 1.49. The minimum absolute atomic E-state index is 0.0299. The van der Waals surface area contributed by atoms with Crippen LogP contribution in [0.5, 0.6) is 0 Å². The maximum absolute atomic E-state index is 12.0. The van der Waals surface area contributed by atoms with E-state index in [9.17, 15) is 14.9 Å². The maximum Gasteiger partial charge on any atom is 0.276 e. The second-order valence-electron chi connectivity index (χ2n) is 4.31. The lowest BCUT2D eigenvalue weighted by Gasteiger charge is -1.97. The summed E-state index contributed by atoms with van der Waals surface area (Å²) in [6.45, 7) is 1.79. The number of hydrogen-bond acceptors (Lipinski definition) is 4. The Morgan fingerprint density at radius 3 is 2.70 bits per heavy atom. The Morgan fingerprint density at radius 1 is 1.40 bits per heavy atom. The van der Waals surface area contributed by atoms with Crippen LogP contribution >= 0.6 is 0 Å². The van der Waals surface area contributed by atoms with Crippen LogP contribution in [0.3, 0.4) is 0 Å². The van der Waals surface area contributed by atoms with Crippen LogP contribution in [0.15, 0.2) is 36.4 Å². The Balaban J connectivity index is 2.28. The van der Waals surface area contributed by atoms with Crippen LogP contribution in [0, 0.1) is 17.0 Å². The number of carbonyl (C=O) groups excluding carboxylic acids is 1. The highest BCUT2D eigenvalue weighted by Gasteiger charge is 2.12. The summed E-state index contributed by atoms with van der Waals surface area (Å²) in [6.07, 6.45) is 2.77. The fourth-order valence-corrected chi connectivity index (χ4v) is 1.89. The number of allylic oxidation sites excluding steroid dienone is 1. The first-order valence-corrected chi connectivity index (χ1v) is 5.95. The SMILES string of the molecule is Cc1cc(C(=O)/C=C/c2ccccc2[N+](=O)[O-])n(C)n1. The monoisotopic (exact) mass is 271 g/mol. The van der Waals surface area contributed by atoms with E-state index in [1.54, 1.807) is 38.2 Å². The number of ketones is 1. The number of rotatable bonds is 4. The van der Waals surface area contributed by atoms with E-state index < -0.39 is 4.92 Å². The van der Waals surface area contributed by atoms with E-state index >= 15 is 0 Å². The van der Waals surface area contributed by atoms with Crippen molar-refractivity contribution in [3.8, 4) is 0 Å². The Bertz CT molecular complexity index is 701. The van der Waals surface area contributed by atoms with Gasteiger partial charge in [-0.2, -0.15) is 5.10 Å². The van der Waals surface area contributed by atoms with Crippen LogP contribution in [0.1, 0.15) is 21.7 Å². The van der Waals surface area contributed by atoms with Gasteiger partial charge in [0.15, 0.2) is 0 Å². The molecule has 2 aromatic rings. The molecule has 102 valence electrons. The van der Waals surface area contributed by atoms with Gasteiger partial charge in [0.05, 0.1) is 16.2 Å². The lowest BCUT2D eigenvalue weighted by Crippen LogP contribution is -2.03. The molecule has 0 saturated carbocycles. The van der Waals surface area contributed by atoms with E-state index in [4.69, 9.17) is 0 Å². The second kappa shape index (κ2) is 5.48. The van der Waals surface area contributed by atoms with E-state index in [2.05, 4.69) is 5.10 Å². The summed E-state index contributed by atoms with van der Waals surface area (Å²) in [7, 11) is 1.68. The number of hydrogen-bond donors (Lipinski definition) is 0. The molecule has 0 unspecified atom stereocenters. The molecule has 0 amide bonds. The quantitative estimate of drug-likeness (QED) is 0.370. The fourth-order valence-electron chi connectivity index (χ4n) is 1.89. The van der Waals surface area contributed by atoms with Crippen molar-refractivity contribution < 1.29 is 9.72 Å². The number of para-hydroxylation sites is 1. The summed E-state index contributed by atoms with van der Waals surface area (Å²) in [5.41, 5.74) is 1.55. The van der Waals surface area contributed by atoms with E-state index in [1.807, 2.05) is 0 Å². The first kappa shape index (κ1) is 13.7. The summed E-state index contributed by atoms with van der Waals surface area (Å²) in [5, 5.41) is 15.0. The maximum atomic E-state index is 12.0. The van der Waals surface area contributed by atoms with Crippen LogP contribution in [-0.2, 0) is 7.05 Å². The summed E-state index contributed by atoms with van der Waals surface area (Å²) >= 11 is 0. The van der Waals surface area contributed by atoms with Crippen molar-refractivity contribution >= 4 is 17.5 Å². The third-order valence-electron chi connectivity index (χ3n) is 2.80. The van der Waals surface area contributed by atoms with Gasteiger partial charge in [-0.15, -0.1) is 0 Å². The molecule has 1 aromatic carbocycles. The molecule has 0 saturated heterocycles. The number of nitro benzene ring substituents is 1. The van der Waals surface area contributed by atoms with Crippen molar-refractivity contribution in [2.45, 2.75) is 6.92 Å². The molecule has 0 N–H and O–H groups in total. The standard InChI is InChI=1S/C14H13N3O3/c1-10-9-13(16(2)15-10)14(18)8-7-11-5-3-4-6-12(11)17(19)20/h3-9H,1-2H3/b8-7+. The Kier molecular flexibility index (Phi) is 3.74. The fraction of sp³-hybridized carbons (Fsp3) is 0.143. The molecule has 1 aromatic heterocycles. The number of benzene rings is 1. The molecule has 0 atom stereocenters. The average Bonchev–Trinajstić information content (AvgIpc) is 2.75. The third kappa shape index (κ3) is 2.80. The lowest BCUT2D eigenvalue weighted by atomic mass is 10.1. The van der Waals surface area contributed by atoms with Crippen molar-refractivity contribution in [2.24, 2.45) is 7.05 Å². The van der Waals surface area contributed by atoms with Crippen molar-refractivity contribution in [3.63, 3.8) is 0 Å². The van der Waals surface area contributed by atoms with Gasteiger partial charge < -0.3 is 0 Å². The van der Waals surface area contributed by atoms with E-state index in [0.29, 0.717) is 11.3 Å². The highest BCUT2D eigenvalue weighted by atomic mass is 16.6. The first-order valence-electron chi connectivity index (χ1n) is 5.95. The molecule has 0 aliphatic heterocycles. The topological polar surface area (TPSA) is 78.0 Å². The molecule has 0 spiro atoms. The highest BCUT2D eigenvalue weighted by Crippen LogP contribution is 2.19. The molecule has 0 bridgehead atoms. The number of aryl methyl sites for hydroxylation is 2. The Morgan fingerprint density at radius 2 is 2.10 bits per heavy atom. The molecule has 0 aliphatic rings. The Hall–Kier alpha value is -2.76. The highest BCUT2D eigenvalue weighted by molar-refractivity contribution is 6.05. The lowest BCUT2D eigenvalue weighted by molar-refractivity contribution is -0.385. The van der Waals surface area contributed by atoms with Gasteiger partial charge in [-0.1, -0.05) is 12.1 Å². The van der Waals surface area contributed by atoms with Gasteiger partial charge in [0.2, 0.25) is 5.78 Å². The van der Waals surface area contributed by atoms with Crippen LogP contribution in [-0.4, -0.2) is 20.5 Å². The number of aromatic nitrogens is 2. The third-order valence-corrected chi connectivity index (χ3v) is 2.80. The molecular formula is C14H13N3O3. The molecule has 0 aliphatic carbocycles. The predicted molar refractivity (Wildman–Crippen MR) is 74.4 cm³/mol. The van der Waals surface area contributed by atoms with Crippen LogP contribution in [0.2, 0.25) is 0 Å². The van der Waals surface area contributed by atoms with Gasteiger partial charge in [-0.3, -0.25) is 19.6 Å². The second-order valence-corrected chi connectivity index (χ2v) is 4.31. The summed E-state index contributed by atoms with van der Waals surface area (Å²) in [5.74, 6) is -0.244. The van der Waals surface area contributed by atoms with Crippen molar-refractivity contribution in [3.05, 3.63) is 63.5 Å². The molecule has 0 fully saturated rings. The van der Waals surface area contributed by atoms with Gasteiger partial charge in [-0.05, 0) is 31.2 Å². The van der Waals surface area contributed by atoms with Crippen molar-refractivity contribution in [1.82, 2.24) is 9.78 Å². The van der Waals surface area contributed by atoms with Gasteiger partial charge in [-0.25, -0.2) is 0 Å². The average molecular weight is 271 g/mol. The number of nitrogens with zero attached hydrogens (tertiary/aromatic N) is 3. The van der Waals surface area contributed by atoms with Gasteiger partial charge in [0.1, 0.15) is 5.69 Å². The zero-order valence-corrected chi connectivity index (χ0v) is 11.1. The Labute approximate surface area is 115 Å². The molecule has 6 heteroatoms. The number of carbonyl (C=O) groups is 1. The van der Waals surface area contributed by atoms with Crippen molar-refractivity contribution in [2.75, 3.05) is 0 Å². The van der Waals surface area contributed by atoms with Crippen LogP contribution < -0.4 is 0 Å². The predicted octanol–water partition coefficient (Wildman–Crippen LogP) is 2.53. The molecular weight excluding hydrogens is 258 g/mol. The van der Waals surface area contributed by atoms with Crippen LogP contribution in [0.4, 0.5) is 5.69 Å². The molecule has 1 heterocycles. The van der Waals surface area contributed by atoms with E-state index in [-0.39, 0.29) is 11.5 Å². The normalized spacial score (nSPS) is 10.9. The molecule has 0 radical (unpaired) electrons. The van der Waals surface area contributed by atoms with Gasteiger partial charge >= 0.3 is 0 Å². The smallest absolute Gasteiger partial charge is 0.276 e. The van der Waals surface area contributed by atoms with E-state index in [0.717, 1.165) is 5.69 Å². The zero-order valence-electron chi connectivity index (χ0n) is 11.1. The minimum Gasteiger partial charge on any atom is -0.288 e. The van der Waals surface area contributed by atoms with Gasteiger partial charge in [0.25, 0.3) is 5.69 Å². The summed E-state index contributed by atoms with van der Waals surface area (Å²) in [6, 6.07) is 7.94. The molecule has 20 heavy (non-hydrogen) atoms. The largest absolute Gasteiger partial charge is 0.288 e. The number of nitro groups is 1. The summed E-state index contributed by atoms with van der Waals surface area (Å²) in [4.78, 5) is 22.4. The zero-order chi connectivity index (χ0) is 14.7. The van der Waals surface area contributed by atoms with Crippen LogP contribution in [0.25, 0.3) is 6.08 Å². The first-order chi connectivity index (χ1) is 9.49. The van der Waals surface area contributed by atoms with Gasteiger partial charge in [0, 0.05) is 13.1 Å². The molecule has 2 rings (SSSR count). The molecule has 6 nitrogen and oxygen atoms in total. The van der Waals surface area contributed by atoms with E-state index in [1.165, 1.54) is 22.9 Å². The minimum atomic E-state index is -0.474.